The molecule has 3 rings (SSSR count). The van der Waals surface area contributed by atoms with Crippen LogP contribution < -0.4 is 16.2 Å². The Morgan fingerprint density at radius 3 is 2.50 bits per heavy atom. The van der Waals surface area contributed by atoms with E-state index >= 15 is 0 Å². The Hall–Kier alpha value is -2.18. The quantitative estimate of drug-likeness (QED) is 0.802. The molecule has 1 amide bonds. The Labute approximate surface area is 128 Å². The van der Waals surface area contributed by atoms with Crippen LogP contribution in [0.2, 0.25) is 0 Å². The molecule has 1 spiro atoms. The largest absolute Gasteiger partial charge is 0.502 e. The molecule has 120 valence electrons. The van der Waals surface area contributed by atoms with E-state index in [0.29, 0.717) is 6.54 Å². The lowest BCUT2D eigenvalue weighted by Crippen LogP contribution is -2.69. The van der Waals surface area contributed by atoms with Gasteiger partial charge >= 0.3 is 0 Å². The van der Waals surface area contributed by atoms with Gasteiger partial charge in [-0.3, -0.25) is 19.3 Å². The average molecular weight is 306 g/mol. The van der Waals surface area contributed by atoms with Gasteiger partial charge in [0.1, 0.15) is 11.4 Å². The highest BCUT2D eigenvalue weighted by molar-refractivity contribution is 5.97. The highest BCUT2D eigenvalue weighted by atomic mass is 16.3. The van der Waals surface area contributed by atoms with Gasteiger partial charge in [0.2, 0.25) is 5.43 Å². The average Bonchev–Trinajstić information content (AvgIpc) is 2.51. The summed E-state index contributed by atoms with van der Waals surface area (Å²) in [6, 6.07) is 0. The second kappa shape index (κ2) is 4.93. The summed E-state index contributed by atoms with van der Waals surface area (Å²) in [5.74, 6) is -0.877. The molecule has 1 fully saturated rings. The molecule has 1 aromatic rings. The van der Waals surface area contributed by atoms with Crippen molar-refractivity contribution in [3.8, 4) is 5.75 Å². The van der Waals surface area contributed by atoms with Gasteiger partial charge in [0, 0.05) is 13.6 Å². The Kier molecular flexibility index (Phi) is 3.30. The van der Waals surface area contributed by atoms with E-state index in [-0.39, 0.29) is 17.3 Å². The number of nitrogen functional groups attached to an aromatic ring is 1. The van der Waals surface area contributed by atoms with Gasteiger partial charge in [-0.25, -0.2) is 0 Å². The van der Waals surface area contributed by atoms with E-state index in [4.69, 9.17) is 5.73 Å². The van der Waals surface area contributed by atoms with Crippen molar-refractivity contribution < 1.29 is 9.90 Å². The van der Waals surface area contributed by atoms with Gasteiger partial charge in [-0.05, 0) is 32.6 Å². The molecule has 7 nitrogen and oxygen atoms in total. The van der Waals surface area contributed by atoms with Crippen LogP contribution in [0, 0.1) is 0 Å². The van der Waals surface area contributed by atoms with E-state index in [1.807, 2.05) is 19.0 Å². The van der Waals surface area contributed by atoms with Gasteiger partial charge in [-0.2, -0.15) is 0 Å². The topological polar surface area (TPSA) is 91.8 Å². The molecule has 1 aromatic heterocycles. The Balaban J connectivity index is 2.25. The van der Waals surface area contributed by atoms with Crippen LogP contribution in [0.4, 0.5) is 5.69 Å². The molecule has 0 atom stereocenters. The zero-order valence-corrected chi connectivity index (χ0v) is 13.0. The molecular weight excluding hydrogens is 284 g/mol. The number of aromatic nitrogens is 1. The van der Waals surface area contributed by atoms with E-state index < -0.39 is 16.8 Å². The molecule has 2 aliphatic rings. The zero-order valence-electron chi connectivity index (χ0n) is 13.0. The zero-order chi connectivity index (χ0) is 16.1. The fourth-order valence-electron chi connectivity index (χ4n) is 3.89. The third kappa shape index (κ3) is 1.74. The summed E-state index contributed by atoms with van der Waals surface area (Å²) in [6.45, 7) is 2.45. The van der Waals surface area contributed by atoms with Crippen molar-refractivity contribution in [2.24, 2.45) is 0 Å². The van der Waals surface area contributed by atoms with Crippen molar-refractivity contribution in [1.29, 1.82) is 0 Å². The highest BCUT2D eigenvalue weighted by Gasteiger charge is 2.49. The minimum atomic E-state index is -0.691. The number of fused-ring (bicyclic) bond motifs is 1. The summed E-state index contributed by atoms with van der Waals surface area (Å²) in [5.41, 5.74) is 4.53. The lowest BCUT2D eigenvalue weighted by Gasteiger charge is -2.55. The highest BCUT2D eigenvalue weighted by Crippen LogP contribution is 2.40. The molecule has 3 N–H and O–H groups in total. The maximum atomic E-state index is 12.9. The maximum Gasteiger partial charge on any atom is 0.278 e. The van der Waals surface area contributed by atoms with Crippen LogP contribution in [-0.4, -0.2) is 39.8 Å². The van der Waals surface area contributed by atoms with E-state index in [2.05, 4.69) is 0 Å². The van der Waals surface area contributed by atoms with Gasteiger partial charge in [0.05, 0.1) is 6.20 Å². The third-order valence-corrected chi connectivity index (χ3v) is 5.04. The monoisotopic (exact) mass is 306 g/mol. The normalized spacial score (nSPS) is 20.4. The third-order valence-electron chi connectivity index (χ3n) is 5.04. The van der Waals surface area contributed by atoms with Crippen molar-refractivity contribution in [1.82, 2.24) is 9.58 Å². The molecule has 2 heterocycles. The predicted molar refractivity (Wildman–Crippen MR) is 83.4 cm³/mol. The van der Waals surface area contributed by atoms with Gasteiger partial charge in [0.25, 0.3) is 5.91 Å². The number of hydrogen-bond acceptors (Lipinski definition) is 5. The van der Waals surface area contributed by atoms with Crippen LogP contribution in [-0.2, 0) is 0 Å². The summed E-state index contributed by atoms with van der Waals surface area (Å²) in [4.78, 5) is 26.5. The van der Waals surface area contributed by atoms with Crippen LogP contribution in [0.15, 0.2) is 11.0 Å². The first kappa shape index (κ1) is 14.7. The summed E-state index contributed by atoms with van der Waals surface area (Å²) < 4.78 is 1.55. The number of hydrogen-bond donors (Lipinski definition) is 2. The second-order valence-corrected chi connectivity index (χ2v) is 6.07. The first-order valence-electron chi connectivity index (χ1n) is 7.74. The smallest absolute Gasteiger partial charge is 0.278 e. The Morgan fingerprint density at radius 2 is 1.91 bits per heavy atom. The number of nitrogens with two attached hydrogens (primary N) is 1. The number of carbonyl (C=O) groups is 1. The fourth-order valence-corrected chi connectivity index (χ4v) is 3.89. The molecule has 0 unspecified atom stereocenters. The molecule has 0 aromatic carbocycles. The number of aromatic hydroxyl groups is 1. The fraction of sp³-hybridized carbons (Fsp3) is 0.600. The van der Waals surface area contributed by atoms with Crippen molar-refractivity contribution in [2.45, 2.75) is 44.7 Å². The molecular formula is C15H22N4O3. The van der Waals surface area contributed by atoms with E-state index in [1.54, 1.807) is 9.58 Å². The number of amides is 1. The maximum absolute atomic E-state index is 12.9. The second-order valence-electron chi connectivity index (χ2n) is 6.07. The predicted octanol–water partition coefficient (Wildman–Crippen LogP) is 0.840. The van der Waals surface area contributed by atoms with Crippen molar-refractivity contribution in [2.75, 3.05) is 24.3 Å². The molecule has 0 saturated heterocycles. The lowest BCUT2D eigenvalue weighted by molar-refractivity contribution is 0.0146. The standard InChI is InChI=1S/C15H22N4O3/c1-3-18-14(22)11-13(21)12(20)10(16)9-19(11)17(2)15(18)7-5-4-6-8-15/h9,21H,3-8,16H2,1-2H3. The number of anilines is 1. The summed E-state index contributed by atoms with van der Waals surface area (Å²) in [6.07, 6.45) is 6.44. The van der Waals surface area contributed by atoms with Gasteiger partial charge < -0.3 is 15.7 Å². The van der Waals surface area contributed by atoms with Crippen LogP contribution in [0.5, 0.6) is 5.75 Å². The van der Waals surface area contributed by atoms with Crippen molar-refractivity contribution in [3.63, 3.8) is 0 Å². The summed E-state index contributed by atoms with van der Waals surface area (Å²) in [7, 11) is 1.88. The van der Waals surface area contributed by atoms with E-state index in [1.165, 1.54) is 6.20 Å². The summed E-state index contributed by atoms with van der Waals surface area (Å²) in [5, 5.41) is 12.1. The Bertz CT molecular complexity index is 676. The van der Waals surface area contributed by atoms with Gasteiger partial charge in [0.15, 0.2) is 11.4 Å². The number of nitrogens with zero attached hydrogens (tertiary/aromatic N) is 3. The molecule has 1 aliphatic heterocycles. The first-order chi connectivity index (χ1) is 10.4. The van der Waals surface area contributed by atoms with Crippen molar-refractivity contribution >= 4 is 11.6 Å². The lowest BCUT2D eigenvalue weighted by atomic mass is 9.86. The van der Waals surface area contributed by atoms with E-state index in [9.17, 15) is 14.7 Å². The number of pyridine rings is 1. The van der Waals surface area contributed by atoms with Crippen LogP contribution in [0.1, 0.15) is 49.5 Å². The number of rotatable bonds is 1. The molecule has 7 heteroatoms. The number of carbonyl (C=O) groups excluding carboxylic acids is 1. The molecule has 0 radical (unpaired) electrons. The van der Waals surface area contributed by atoms with Gasteiger partial charge in [-0.1, -0.05) is 6.42 Å². The van der Waals surface area contributed by atoms with E-state index in [0.717, 1.165) is 32.1 Å². The first-order valence-corrected chi connectivity index (χ1v) is 7.74. The molecule has 1 aliphatic carbocycles. The SMILES string of the molecule is CCN1C(=O)c2c(O)c(=O)c(N)cn2N(C)C12CCCCC2. The summed E-state index contributed by atoms with van der Waals surface area (Å²) >= 11 is 0. The molecule has 22 heavy (non-hydrogen) atoms. The van der Waals surface area contributed by atoms with Crippen LogP contribution >= 0.6 is 0 Å². The van der Waals surface area contributed by atoms with Crippen molar-refractivity contribution in [3.05, 3.63) is 22.1 Å². The molecule has 1 saturated carbocycles. The Morgan fingerprint density at radius 1 is 1.27 bits per heavy atom. The molecule has 0 bridgehead atoms. The van der Waals surface area contributed by atoms with Gasteiger partial charge in [-0.15, -0.1) is 0 Å². The minimum absolute atomic E-state index is 0.000233. The van der Waals surface area contributed by atoms with Crippen LogP contribution in [0.25, 0.3) is 0 Å². The van der Waals surface area contributed by atoms with Crippen LogP contribution in [0.3, 0.4) is 0 Å². The minimum Gasteiger partial charge on any atom is -0.502 e.